The average Bonchev–Trinajstić information content (AvgIpc) is 3.62. The van der Waals surface area contributed by atoms with Crippen LogP contribution in [0.4, 0.5) is 4.79 Å². The Balaban J connectivity index is 1.20. The van der Waals surface area contributed by atoms with Gasteiger partial charge in [-0.15, -0.1) is 0 Å². The number of hydrogen-bond donors (Lipinski definition) is 3. The first-order valence-corrected chi connectivity index (χ1v) is 12.3. The summed E-state index contributed by atoms with van der Waals surface area (Å²) in [5, 5.41) is 6.63. The lowest BCUT2D eigenvalue weighted by atomic mass is 10.1. The van der Waals surface area contributed by atoms with Crippen molar-refractivity contribution >= 4 is 28.7 Å². The first kappa shape index (κ1) is 24.2. The van der Waals surface area contributed by atoms with Crippen molar-refractivity contribution in [2.24, 2.45) is 0 Å². The minimum atomic E-state index is -0.754. The number of carbonyl (C=O) groups is 3. The van der Waals surface area contributed by atoms with Crippen molar-refractivity contribution in [1.29, 1.82) is 0 Å². The molecule has 0 radical (unpaired) electrons. The summed E-state index contributed by atoms with van der Waals surface area (Å²) in [6.45, 7) is 1.83. The van der Waals surface area contributed by atoms with E-state index in [1.807, 2.05) is 54.6 Å². The van der Waals surface area contributed by atoms with Crippen LogP contribution < -0.4 is 10.6 Å². The van der Waals surface area contributed by atoms with E-state index in [1.54, 1.807) is 34.4 Å². The lowest BCUT2D eigenvalue weighted by Crippen LogP contribution is -2.57. The fourth-order valence-electron chi connectivity index (χ4n) is 4.54. The number of benzene rings is 2. The molecule has 9 nitrogen and oxygen atoms in total. The van der Waals surface area contributed by atoms with Crippen molar-refractivity contribution in [3.05, 3.63) is 96.1 Å². The Hall–Kier alpha value is -4.53. The zero-order valence-electron chi connectivity index (χ0n) is 20.4. The van der Waals surface area contributed by atoms with Gasteiger partial charge in [-0.05, 0) is 23.8 Å². The Morgan fingerprint density at radius 3 is 2.38 bits per heavy atom. The maximum atomic E-state index is 13.1. The molecular formula is C28H29N5O4. The maximum absolute atomic E-state index is 13.1. The van der Waals surface area contributed by atoms with Crippen LogP contribution in [0, 0.1) is 0 Å². The van der Waals surface area contributed by atoms with Crippen molar-refractivity contribution < 1.29 is 18.8 Å². The summed E-state index contributed by atoms with van der Waals surface area (Å²) in [5.41, 5.74) is 2.48. The molecule has 0 aliphatic carbocycles. The molecule has 5 rings (SSSR count). The molecule has 2 aromatic carbocycles. The van der Waals surface area contributed by atoms with Crippen LogP contribution in [0.15, 0.2) is 83.6 Å². The van der Waals surface area contributed by atoms with Gasteiger partial charge in [-0.2, -0.15) is 0 Å². The van der Waals surface area contributed by atoms with Gasteiger partial charge in [0.25, 0.3) is 5.91 Å². The number of aromatic amines is 1. The molecule has 9 heteroatoms. The number of furan rings is 1. The van der Waals surface area contributed by atoms with Gasteiger partial charge in [-0.1, -0.05) is 48.5 Å². The highest BCUT2D eigenvalue weighted by Crippen LogP contribution is 2.20. The van der Waals surface area contributed by atoms with Crippen LogP contribution in [0.25, 0.3) is 10.9 Å². The highest BCUT2D eigenvalue weighted by atomic mass is 16.3. The van der Waals surface area contributed by atoms with Crippen LogP contribution in [-0.4, -0.2) is 64.9 Å². The number of H-pyrrole nitrogens is 1. The van der Waals surface area contributed by atoms with Gasteiger partial charge in [0.15, 0.2) is 0 Å². The highest BCUT2D eigenvalue weighted by molar-refractivity contribution is 6.06. The van der Waals surface area contributed by atoms with E-state index in [4.69, 9.17) is 4.42 Å². The fourth-order valence-corrected chi connectivity index (χ4v) is 4.54. The quantitative estimate of drug-likeness (QED) is 0.363. The van der Waals surface area contributed by atoms with Gasteiger partial charge in [-0.25, -0.2) is 4.79 Å². The van der Waals surface area contributed by atoms with Crippen molar-refractivity contribution in [3.63, 3.8) is 0 Å². The summed E-state index contributed by atoms with van der Waals surface area (Å²) in [6.07, 6.45) is 3.64. The van der Waals surface area contributed by atoms with Gasteiger partial charge in [0.05, 0.1) is 18.4 Å². The molecule has 3 N–H and O–H groups in total. The lowest BCUT2D eigenvalue weighted by Gasteiger charge is -2.35. The number of rotatable bonds is 7. The van der Waals surface area contributed by atoms with Gasteiger partial charge in [0.2, 0.25) is 5.91 Å². The van der Waals surface area contributed by atoms with Crippen molar-refractivity contribution in [3.8, 4) is 0 Å². The molecule has 1 aliphatic heterocycles. The number of urea groups is 1. The van der Waals surface area contributed by atoms with Crippen LogP contribution in [0.1, 0.15) is 21.7 Å². The minimum Gasteiger partial charge on any atom is -0.467 e. The Kier molecular flexibility index (Phi) is 7.21. The molecule has 0 unspecified atom stereocenters. The van der Waals surface area contributed by atoms with Crippen molar-refractivity contribution in [2.75, 3.05) is 26.2 Å². The first-order chi connectivity index (χ1) is 18.1. The zero-order chi connectivity index (χ0) is 25.6. The molecule has 1 aliphatic rings. The Morgan fingerprint density at radius 2 is 1.62 bits per heavy atom. The Morgan fingerprint density at radius 1 is 0.892 bits per heavy atom. The van der Waals surface area contributed by atoms with Crippen LogP contribution in [0.3, 0.4) is 0 Å². The van der Waals surface area contributed by atoms with Gasteiger partial charge in [0.1, 0.15) is 11.8 Å². The summed E-state index contributed by atoms with van der Waals surface area (Å²) in [4.78, 5) is 45.8. The fraction of sp³-hybridized carbons (Fsp3) is 0.250. The second-order valence-corrected chi connectivity index (χ2v) is 9.02. The number of carbonyl (C=O) groups excluding carboxylic acids is 3. The molecule has 1 saturated heterocycles. The molecule has 0 bridgehead atoms. The number of amides is 4. The SMILES string of the molecule is O=C(NCc1ccco1)[C@@H](Cc1ccccc1)NC(=O)N1CCN(C(=O)c2c[nH]c3ccccc23)CC1. The van der Waals surface area contributed by atoms with E-state index in [0.29, 0.717) is 43.9 Å². The van der Waals surface area contributed by atoms with E-state index >= 15 is 0 Å². The molecule has 37 heavy (non-hydrogen) atoms. The normalized spacial score (nSPS) is 14.4. The molecule has 0 saturated carbocycles. The molecule has 2 aromatic heterocycles. The van der Waals surface area contributed by atoms with Crippen LogP contribution in [0.5, 0.6) is 0 Å². The average molecular weight is 500 g/mol. The van der Waals surface area contributed by atoms with E-state index in [-0.39, 0.29) is 24.4 Å². The highest BCUT2D eigenvalue weighted by Gasteiger charge is 2.29. The third kappa shape index (κ3) is 5.66. The molecular weight excluding hydrogens is 470 g/mol. The smallest absolute Gasteiger partial charge is 0.318 e. The molecule has 0 spiro atoms. The third-order valence-corrected chi connectivity index (χ3v) is 6.59. The third-order valence-electron chi connectivity index (χ3n) is 6.59. The van der Waals surface area contributed by atoms with E-state index < -0.39 is 6.04 Å². The van der Waals surface area contributed by atoms with Gasteiger partial charge in [0, 0.05) is 49.7 Å². The molecule has 3 heterocycles. The van der Waals surface area contributed by atoms with Crippen LogP contribution >= 0.6 is 0 Å². The minimum absolute atomic E-state index is 0.0585. The topological polar surface area (TPSA) is 111 Å². The lowest BCUT2D eigenvalue weighted by molar-refractivity contribution is -0.123. The monoisotopic (exact) mass is 499 g/mol. The molecule has 1 fully saturated rings. The van der Waals surface area contributed by atoms with Gasteiger partial charge < -0.3 is 29.8 Å². The number of aromatic nitrogens is 1. The predicted octanol–water partition coefficient (Wildman–Crippen LogP) is 3.16. The summed E-state index contributed by atoms with van der Waals surface area (Å²) >= 11 is 0. The van der Waals surface area contributed by atoms with Crippen LogP contribution in [-0.2, 0) is 17.8 Å². The molecule has 190 valence electrons. The second kappa shape index (κ2) is 11.0. The van der Waals surface area contributed by atoms with Crippen LogP contribution in [0.2, 0.25) is 0 Å². The predicted molar refractivity (Wildman–Crippen MR) is 139 cm³/mol. The summed E-state index contributed by atoms with van der Waals surface area (Å²) in [7, 11) is 0. The molecule has 1 atom stereocenters. The van der Waals surface area contributed by atoms with E-state index in [9.17, 15) is 14.4 Å². The Labute approximate surface area is 214 Å². The van der Waals surface area contributed by atoms with Gasteiger partial charge >= 0.3 is 6.03 Å². The number of piperazine rings is 1. The first-order valence-electron chi connectivity index (χ1n) is 12.3. The summed E-state index contributed by atoms with van der Waals surface area (Å²) < 4.78 is 5.29. The van der Waals surface area contributed by atoms with Crippen molar-refractivity contribution in [1.82, 2.24) is 25.4 Å². The maximum Gasteiger partial charge on any atom is 0.318 e. The number of para-hydroxylation sites is 1. The van der Waals surface area contributed by atoms with E-state index in [0.717, 1.165) is 16.5 Å². The van der Waals surface area contributed by atoms with Crippen molar-refractivity contribution in [2.45, 2.75) is 19.0 Å². The summed E-state index contributed by atoms with van der Waals surface area (Å²) in [5.74, 6) is 0.285. The van der Waals surface area contributed by atoms with Gasteiger partial charge in [-0.3, -0.25) is 9.59 Å². The number of fused-ring (bicyclic) bond motifs is 1. The second-order valence-electron chi connectivity index (χ2n) is 9.02. The standard InChI is InChI=1S/C28H29N5O4/c34-26(30-18-21-9-6-16-37-21)25(17-20-7-2-1-3-8-20)31-28(36)33-14-12-32(13-15-33)27(35)23-19-29-24-11-5-4-10-22(23)24/h1-11,16,19,25,29H,12-15,17-18H2,(H,30,34)(H,31,36)/t25-/m1/s1. The molecule has 4 amide bonds. The number of nitrogens with zero attached hydrogens (tertiary/aromatic N) is 2. The van der Waals surface area contributed by atoms with E-state index in [2.05, 4.69) is 15.6 Å². The largest absolute Gasteiger partial charge is 0.467 e. The number of hydrogen-bond acceptors (Lipinski definition) is 4. The summed E-state index contributed by atoms with van der Waals surface area (Å²) in [6, 6.07) is 19.7. The van der Waals surface area contributed by atoms with E-state index in [1.165, 1.54) is 0 Å². The zero-order valence-corrected chi connectivity index (χ0v) is 20.4. The molecule has 4 aromatic rings. The number of nitrogens with one attached hydrogen (secondary N) is 3. The Bertz CT molecular complexity index is 1360.